The molecule has 1 aromatic rings. The van der Waals surface area contributed by atoms with Gasteiger partial charge in [-0.3, -0.25) is 0 Å². The van der Waals surface area contributed by atoms with Gasteiger partial charge in [-0.25, -0.2) is 0 Å². The summed E-state index contributed by atoms with van der Waals surface area (Å²) in [5, 5.41) is 9.73. The number of nitrogens with two attached hydrogens (primary N) is 1. The number of benzene rings is 1. The van der Waals surface area contributed by atoms with Crippen molar-refractivity contribution >= 4 is 0 Å². The number of phenols is 1. The van der Waals surface area contributed by atoms with Crippen molar-refractivity contribution in [3.05, 3.63) is 28.8 Å². The molecule has 2 nitrogen and oxygen atoms in total. The number of rotatable bonds is 1. The monoisotopic (exact) mass is 191 g/mol. The fourth-order valence-corrected chi connectivity index (χ4v) is 2.35. The summed E-state index contributed by atoms with van der Waals surface area (Å²) in [6, 6.07) is 3.83. The summed E-state index contributed by atoms with van der Waals surface area (Å²) < 4.78 is 0. The molecule has 2 heteroatoms. The lowest BCUT2D eigenvalue weighted by molar-refractivity contribution is 0.463. The Bertz CT molecular complexity index is 358. The predicted molar refractivity (Wildman–Crippen MR) is 57.4 cm³/mol. The fraction of sp³-hybridized carbons (Fsp3) is 0.500. The maximum atomic E-state index is 9.73. The molecule has 0 aliphatic heterocycles. The van der Waals surface area contributed by atoms with Gasteiger partial charge in [-0.2, -0.15) is 0 Å². The Morgan fingerprint density at radius 2 is 2.14 bits per heavy atom. The van der Waals surface area contributed by atoms with Gasteiger partial charge in [0.1, 0.15) is 5.75 Å². The molecule has 1 aromatic carbocycles. The molecule has 3 N–H and O–H groups in total. The molecule has 0 saturated heterocycles. The zero-order valence-corrected chi connectivity index (χ0v) is 8.75. The van der Waals surface area contributed by atoms with Crippen molar-refractivity contribution in [3.8, 4) is 5.75 Å². The van der Waals surface area contributed by atoms with E-state index in [1.165, 1.54) is 11.1 Å². The molecule has 0 aromatic heterocycles. The highest BCUT2D eigenvalue weighted by atomic mass is 16.3. The lowest BCUT2D eigenvalue weighted by atomic mass is 9.94. The Labute approximate surface area is 84.7 Å². The number of hydrogen-bond donors (Lipinski definition) is 2. The van der Waals surface area contributed by atoms with Crippen molar-refractivity contribution in [2.75, 3.05) is 0 Å². The van der Waals surface area contributed by atoms with Crippen LogP contribution >= 0.6 is 0 Å². The molecular formula is C12H17NO. The number of aromatic hydroxyl groups is 1. The van der Waals surface area contributed by atoms with Gasteiger partial charge >= 0.3 is 0 Å². The molecule has 0 spiro atoms. The van der Waals surface area contributed by atoms with Gasteiger partial charge in [0.05, 0.1) is 0 Å². The molecule has 14 heavy (non-hydrogen) atoms. The van der Waals surface area contributed by atoms with Crippen molar-refractivity contribution < 1.29 is 5.11 Å². The van der Waals surface area contributed by atoms with Crippen LogP contribution in [0.5, 0.6) is 5.75 Å². The Kier molecular flexibility index (Phi) is 2.23. The fourth-order valence-electron chi connectivity index (χ4n) is 2.35. The molecule has 76 valence electrons. The van der Waals surface area contributed by atoms with E-state index in [0.29, 0.717) is 11.7 Å². The minimum Gasteiger partial charge on any atom is -0.508 e. The van der Waals surface area contributed by atoms with Crippen LogP contribution in [0.25, 0.3) is 0 Å². The first kappa shape index (κ1) is 9.53. The minimum atomic E-state index is 0.0312. The lowest BCUT2D eigenvalue weighted by Gasteiger charge is -2.14. The van der Waals surface area contributed by atoms with Crippen LogP contribution in [0, 0.1) is 0 Å². The van der Waals surface area contributed by atoms with E-state index in [4.69, 9.17) is 5.73 Å². The summed E-state index contributed by atoms with van der Waals surface area (Å²) in [5.41, 5.74) is 9.56. The minimum absolute atomic E-state index is 0.0312. The summed E-state index contributed by atoms with van der Waals surface area (Å²) in [6.45, 7) is 4.35. The van der Waals surface area contributed by atoms with E-state index in [0.717, 1.165) is 18.4 Å². The summed E-state index contributed by atoms with van der Waals surface area (Å²) in [5.74, 6) is 0.879. The molecule has 1 aliphatic rings. The van der Waals surface area contributed by atoms with E-state index in [-0.39, 0.29) is 6.04 Å². The van der Waals surface area contributed by atoms with Crippen LogP contribution in [0.15, 0.2) is 12.1 Å². The van der Waals surface area contributed by atoms with E-state index in [1.54, 1.807) is 6.07 Å². The van der Waals surface area contributed by atoms with Gasteiger partial charge in [0, 0.05) is 11.6 Å². The molecule has 0 amide bonds. The van der Waals surface area contributed by atoms with Crippen LogP contribution in [0.3, 0.4) is 0 Å². The van der Waals surface area contributed by atoms with Crippen LogP contribution in [0.2, 0.25) is 0 Å². The number of hydrogen-bond acceptors (Lipinski definition) is 2. The Balaban J connectivity index is 2.59. The maximum Gasteiger partial charge on any atom is 0.120 e. The largest absolute Gasteiger partial charge is 0.508 e. The predicted octanol–water partition coefficient (Wildman–Crippen LogP) is 2.46. The highest BCUT2D eigenvalue weighted by Crippen LogP contribution is 2.39. The van der Waals surface area contributed by atoms with E-state index in [2.05, 4.69) is 13.8 Å². The standard InChI is InChI=1S/C12H17NO/c1-7(2)8-4-6-11(14)12-9(8)3-5-10(12)13/h4,6-7,10,14H,3,5,13H2,1-2H3/t10-/m1/s1. The first-order valence-corrected chi connectivity index (χ1v) is 5.21. The van der Waals surface area contributed by atoms with Gasteiger partial charge in [0.25, 0.3) is 0 Å². The van der Waals surface area contributed by atoms with Crippen molar-refractivity contribution in [1.29, 1.82) is 0 Å². The highest BCUT2D eigenvalue weighted by Gasteiger charge is 2.25. The Morgan fingerprint density at radius 1 is 1.43 bits per heavy atom. The SMILES string of the molecule is CC(C)c1ccc(O)c2c1CC[C@H]2N. The van der Waals surface area contributed by atoms with Gasteiger partial charge in [-0.05, 0) is 36.0 Å². The first-order chi connectivity index (χ1) is 6.61. The van der Waals surface area contributed by atoms with E-state index in [9.17, 15) is 5.11 Å². The summed E-state index contributed by atoms with van der Waals surface area (Å²) in [6.07, 6.45) is 1.98. The van der Waals surface area contributed by atoms with Crippen LogP contribution in [-0.2, 0) is 6.42 Å². The quantitative estimate of drug-likeness (QED) is 0.716. The average molecular weight is 191 g/mol. The third kappa shape index (κ3) is 1.30. The smallest absolute Gasteiger partial charge is 0.120 e. The summed E-state index contributed by atoms with van der Waals surface area (Å²) in [4.78, 5) is 0. The van der Waals surface area contributed by atoms with Crippen LogP contribution < -0.4 is 5.73 Å². The van der Waals surface area contributed by atoms with Gasteiger partial charge in [0.2, 0.25) is 0 Å². The molecular weight excluding hydrogens is 174 g/mol. The van der Waals surface area contributed by atoms with Gasteiger partial charge in [0.15, 0.2) is 0 Å². The summed E-state index contributed by atoms with van der Waals surface area (Å²) in [7, 11) is 0. The zero-order chi connectivity index (χ0) is 10.3. The normalized spacial score (nSPS) is 20.1. The van der Waals surface area contributed by atoms with Crippen molar-refractivity contribution in [1.82, 2.24) is 0 Å². The van der Waals surface area contributed by atoms with Crippen molar-refractivity contribution in [2.45, 2.75) is 38.6 Å². The van der Waals surface area contributed by atoms with E-state index >= 15 is 0 Å². The van der Waals surface area contributed by atoms with Gasteiger partial charge < -0.3 is 10.8 Å². The molecule has 2 rings (SSSR count). The zero-order valence-electron chi connectivity index (χ0n) is 8.75. The first-order valence-electron chi connectivity index (χ1n) is 5.21. The van der Waals surface area contributed by atoms with E-state index < -0.39 is 0 Å². The summed E-state index contributed by atoms with van der Waals surface area (Å²) >= 11 is 0. The molecule has 0 unspecified atom stereocenters. The number of phenolic OH excluding ortho intramolecular Hbond substituents is 1. The maximum absolute atomic E-state index is 9.73. The second-order valence-electron chi connectivity index (χ2n) is 4.37. The van der Waals surface area contributed by atoms with Crippen LogP contribution in [-0.4, -0.2) is 5.11 Å². The Hall–Kier alpha value is -1.02. The topological polar surface area (TPSA) is 46.2 Å². The number of fused-ring (bicyclic) bond motifs is 1. The second kappa shape index (κ2) is 3.28. The highest BCUT2D eigenvalue weighted by molar-refractivity contribution is 5.50. The van der Waals surface area contributed by atoms with E-state index in [1.807, 2.05) is 6.07 Å². The van der Waals surface area contributed by atoms with Crippen LogP contribution in [0.1, 0.15) is 48.9 Å². The molecule has 0 bridgehead atoms. The molecule has 0 fully saturated rings. The third-order valence-corrected chi connectivity index (χ3v) is 3.07. The molecule has 0 radical (unpaired) electrons. The van der Waals surface area contributed by atoms with Gasteiger partial charge in [-0.1, -0.05) is 19.9 Å². The molecule has 1 aliphatic carbocycles. The molecule has 0 heterocycles. The lowest BCUT2D eigenvalue weighted by Crippen LogP contribution is -2.06. The average Bonchev–Trinajstić information content (AvgIpc) is 2.49. The van der Waals surface area contributed by atoms with Crippen molar-refractivity contribution in [3.63, 3.8) is 0 Å². The third-order valence-electron chi connectivity index (χ3n) is 3.07. The van der Waals surface area contributed by atoms with Crippen molar-refractivity contribution in [2.24, 2.45) is 5.73 Å². The van der Waals surface area contributed by atoms with Crippen LogP contribution in [0.4, 0.5) is 0 Å². The second-order valence-corrected chi connectivity index (χ2v) is 4.37. The molecule has 1 atom stereocenters. The van der Waals surface area contributed by atoms with Gasteiger partial charge in [-0.15, -0.1) is 0 Å². The molecule has 0 saturated carbocycles. The Morgan fingerprint density at radius 3 is 2.79 bits per heavy atom.